The van der Waals surface area contributed by atoms with Crippen LogP contribution in [0.4, 0.5) is 5.69 Å². The maximum absolute atomic E-state index is 12.5. The van der Waals surface area contributed by atoms with E-state index in [2.05, 4.69) is 5.32 Å². The molecule has 1 N–H and O–H groups in total. The summed E-state index contributed by atoms with van der Waals surface area (Å²) in [6.07, 6.45) is 0. The third-order valence-electron chi connectivity index (χ3n) is 4.68. The van der Waals surface area contributed by atoms with Gasteiger partial charge in [0.25, 0.3) is 0 Å². The van der Waals surface area contributed by atoms with Gasteiger partial charge >= 0.3 is 0 Å². The number of amides is 1. The third-order valence-corrected chi connectivity index (χ3v) is 6.09. The molecule has 32 heavy (non-hydrogen) atoms. The normalized spacial score (nSPS) is 10.9. The van der Waals surface area contributed by atoms with Gasteiger partial charge in [0.1, 0.15) is 11.5 Å². The topological polar surface area (TPSA) is 98.8 Å². The number of carbonyl (C=O) groups excluding carboxylic acids is 2. The van der Waals surface area contributed by atoms with Crippen molar-refractivity contribution < 1.29 is 27.5 Å². The molecule has 0 heterocycles. The summed E-state index contributed by atoms with van der Waals surface area (Å²) in [6, 6.07) is 21.0. The Morgan fingerprint density at radius 1 is 0.781 bits per heavy atom. The molecular formula is C24H23NO6S. The highest BCUT2D eigenvalue weighted by atomic mass is 32.2. The largest absolute Gasteiger partial charge is 0.493 e. The first kappa shape index (κ1) is 23.0. The molecule has 0 aliphatic heterocycles. The van der Waals surface area contributed by atoms with E-state index in [4.69, 9.17) is 9.47 Å². The highest BCUT2D eigenvalue weighted by Crippen LogP contribution is 2.29. The van der Waals surface area contributed by atoms with Gasteiger partial charge in [0.15, 0.2) is 27.1 Å². The maximum atomic E-state index is 12.5. The van der Waals surface area contributed by atoms with Gasteiger partial charge in [0, 0.05) is 17.3 Å². The minimum atomic E-state index is -3.96. The lowest BCUT2D eigenvalue weighted by atomic mass is 10.0. The van der Waals surface area contributed by atoms with Crippen LogP contribution in [0.3, 0.4) is 0 Å². The molecule has 0 aromatic heterocycles. The minimum Gasteiger partial charge on any atom is -0.493 e. The van der Waals surface area contributed by atoms with Crippen LogP contribution in [-0.4, -0.2) is 45.8 Å². The fraction of sp³-hybridized carbons (Fsp3) is 0.167. The lowest BCUT2D eigenvalue weighted by Crippen LogP contribution is -2.27. The molecule has 0 radical (unpaired) electrons. The molecular weight excluding hydrogens is 430 g/mol. The van der Waals surface area contributed by atoms with Gasteiger partial charge in [-0.25, -0.2) is 8.42 Å². The molecule has 1 amide bonds. The first-order valence-corrected chi connectivity index (χ1v) is 11.5. The van der Waals surface area contributed by atoms with E-state index >= 15 is 0 Å². The van der Waals surface area contributed by atoms with Gasteiger partial charge in [-0.15, -0.1) is 0 Å². The second-order valence-corrected chi connectivity index (χ2v) is 9.08. The highest BCUT2D eigenvalue weighted by Gasteiger charge is 2.22. The van der Waals surface area contributed by atoms with Gasteiger partial charge in [-0.2, -0.15) is 0 Å². The smallest absolute Gasteiger partial charge is 0.239 e. The van der Waals surface area contributed by atoms with Crippen LogP contribution in [0.15, 0.2) is 72.8 Å². The fourth-order valence-electron chi connectivity index (χ4n) is 3.12. The third kappa shape index (κ3) is 5.95. The molecule has 166 valence electrons. The highest BCUT2D eigenvalue weighted by molar-refractivity contribution is 7.92. The first-order valence-electron chi connectivity index (χ1n) is 9.72. The molecule has 0 saturated heterocycles. The number of hydrogen-bond acceptors (Lipinski definition) is 6. The molecule has 0 aliphatic rings. The number of carbonyl (C=O) groups is 2. The van der Waals surface area contributed by atoms with E-state index in [1.165, 1.54) is 20.3 Å². The summed E-state index contributed by atoms with van der Waals surface area (Å²) in [5, 5.41) is 2.50. The van der Waals surface area contributed by atoms with Gasteiger partial charge in [-0.05, 0) is 23.3 Å². The van der Waals surface area contributed by atoms with E-state index in [0.29, 0.717) is 17.2 Å². The van der Waals surface area contributed by atoms with Crippen molar-refractivity contribution in [3.8, 4) is 22.6 Å². The Morgan fingerprint density at radius 3 is 2.03 bits per heavy atom. The van der Waals surface area contributed by atoms with Crippen molar-refractivity contribution in [1.29, 1.82) is 0 Å². The Hall–Kier alpha value is -3.65. The maximum Gasteiger partial charge on any atom is 0.239 e. The van der Waals surface area contributed by atoms with Gasteiger partial charge in [-0.3, -0.25) is 9.59 Å². The Balaban J connectivity index is 1.62. The number of anilines is 1. The molecule has 7 nitrogen and oxygen atoms in total. The van der Waals surface area contributed by atoms with Gasteiger partial charge < -0.3 is 14.8 Å². The zero-order valence-electron chi connectivity index (χ0n) is 17.7. The second-order valence-electron chi connectivity index (χ2n) is 7.02. The number of hydrogen-bond donors (Lipinski definition) is 1. The molecule has 0 fully saturated rings. The summed E-state index contributed by atoms with van der Waals surface area (Å²) < 4.78 is 35.1. The summed E-state index contributed by atoms with van der Waals surface area (Å²) in [5.41, 5.74) is 2.53. The molecule has 3 aromatic rings. The predicted octanol–water partition coefficient (Wildman–Crippen LogP) is 3.61. The fourth-order valence-corrected chi connectivity index (χ4v) is 4.26. The Labute approximate surface area is 186 Å². The monoisotopic (exact) mass is 453 g/mol. The van der Waals surface area contributed by atoms with Crippen LogP contribution in [0.1, 0.15) is 10.4 Å². The summed E-state index contributed by atoms with van der Waals surface area (Å²) in [6.45, 7) is 0. The molecule has 3 rings (SSSR count). The minimum absolute atomic E-state index is 0.272. The van der Waals surface area contributed by atoms with Crippen LogP contribution in [-0.2, 0) is 14.6 Å². The van der Waals surface area contributed by atoms with Gasteiger partial charge in [0.05, 0.1) is 14.2 Å². The standard InChI is InChI=1S/C24H23NO6S/c1-30-22-13-12-20(14-23(22)31-2)25-24(27)16-32(28,29)15-21(26)19-10-8-18(9-11-19)17-6-4-3-5-7-17/h3-14H,15-16H2,1-2H3,(H,25,27). The van der Waals surface area contributed by atoms with Crippen molar-refractivity contribution in [2.75, 3.05) is 31.0 Å². The van der Waals surface area contributed by atoms with Crippen molar-refractivity contribution in [3.63, 3.8) is 0 Å². The molecule has 3 aromatic carbocycles. The molecule has 0 unspecified atom stereocenters. The van der Waals surface area contributed by atoms with Gasteiger partial charge in [0.2, 0.25) is 5.91 Å². The zero-order valence-corrected chi connectivity index (χ0v) is 18.5. The summed E-state index contributed by atoms with van der Waals surface area (Å²) in [7, 11) is -1.03. The van der Waals surface area contributed by atoms with Crippen LogP contribution in [0.25, 0.3) is 11.1 Å². The zero-order chi connectivity index (χ0) is 23.1. The van der Waals surface area contributed by atoms with Crippen molar-refractivity contribution in [3.05, 3.63) is 78.4 Å². The van der Waals surface area contributed by atoms with Crippen LogP contribution in [0.5, 0.6) is 11.5 Å². The van der Waals surface area contributed by atoms with Gasteiger partial charge in [-0.1, -0.05) is 54.6 Å². The molecule has 0 saturated carbocycles. The van der Waals surface area contributed by atoms with Crippen LogP contribution in [0.2, 0.25) is 0 Å². The van der Waals surface area contributed by atoms with Crippen LogP contribution < -0.4 is 14.8 Å². The summed E-state index contributed by atoms with van der Waals surface area (Å²) in [5.74, 6) is -2.01. The molecule has 0 atom stereocenters. The average molecular weight is 454 g/mol. The molecule has 0 spiro atoms. The number of nitrogens with one attached hydrogen (secondary N) is 1. The number of ketones is 1. The number of sulfone groups is 1. The summed E-state index contributed by atoms with van der Waals surface area (Å²) in [4.78, 5) is 24.7. The van der Waals surface area contributed by atoms with E-state index in [9.17, 15) is 18.0 Å². The number of ether oxygens (including phenoxy) is 2. The number of benzene rings is 3. The van der Waals surface area contributed by atoms with E-state index in [-0.39, 0.29) is 5.56 Å². The van der Waals surface area contributed by atoms with Crippen molar-refractivity contribution >= 4 is 27.2 Å². The Morgan fingerprint density at radius 2 is 1.41 bits per heavy atom. The lowest BCUT2D eigenvalue weighted by molar-refractivity contribution is -0.113. The number of methoxy groups -OCH3 is 2. The van der Waals surface area contributed by atoms with E-state index in [1.54, 1.807) is 36.4 Å². The van der Waals surface area contributed by atoms with E-state index in [1.807, 2.05) is 30.3 Å². The van der Waals surface area contributed by atoms with Crippen molar-refractivity contribution in [1.82, 2.24) is 0 Å². The van der Waals surface area contributed by atoms with Crippen molar-refractivity contribution in [2.24, 2.45) is 0 Å². The number of rotatable bonds is 9. The van der Waals surface area contributed by atoms with Crippen LogP contribution >= 0.6 is 0 Å². The van der Waals surface area contributed by atoms with Crippen LogP contribution in [0, 0.1) is 0 Å². The second kappa shape index (κ2) is 10.1. The SMILES string of the molecule is COc1ccc(NC(=O)CS(=O)(=O)CC(=O)c2ccc(-c3ccccc3)cc2)cc1OC. The quantitative estimate of drug-likeness (QED) is 0.497. The molecule has 0 bridgehead atoms. The average Bonchev–Trinajstić information content (AvgIpc) is 2.78. The molecule has 8 heteroatoms. The number of Topliss-reactive ketones (excluding diaryl/α,β-unsaturated/α-hetero) is 1. The molecule has 0 aliphatic carbocycles. The Bertz CT molecular complexity index is 1200. The van der Waals surface area contributed by atoms with E-state index < -0.39 is 33.0 Å². The van der Waals surface area contributed by atoms with E-state index in [0.717, 1.165) is 11.1 Å². The Kier molecular flexibility index (Phi) is 7.27. The first-order chi connectivity index (χ1) is 15.3. The predicted molar refractivity (Wildman–Crippen MR) is 123 cm³/mol. The van der Waals surface area contributed by atoms with Crippen molar-refractivity contribution in [2.45, 2.75) is 0 Å². The lowest BCUT2D eigenvalue weighted by Gasteiger charge is -2.11. The summed E-state index contributed by atoms with van der Waals surface area (Å²) >= 11 is 0.